The highest BCUT2D eigenvalue weighted by Gasteiger charge is 2.38. The van der Waals surface area contributed by atoms with Gasteiger partial charge in [0.25, 0.3) is 0 Å². The molecular weight excluding hydrogens is 392 g/mol. The zero-order valence-corrected chi connectivity index (χ0v) is 19.1. The SMILES string of the molecule is CC(=c1cc(O)c(=C2C(=O)C(c3ccc(C(C)(C)C)cc3O)=C2O)c(O)c1)C(C)(C)C. The fourth-order valence-electron chi connectivity index (χ4n) is 3.61. The number of aliphatic hydroxyl groups is 1. The number of hydrogen-bond donors (Lipinski definition) is 4. The van der Waals surface area contributed by atoms with Gasteiger partial charge in [-0.1, -0.05) is 59.2 Å². The molecule has 4 N–H and O–H groups in total. The zero-order chi connectivity index (χ0) is 23.5. The number of phenols is 3. The maximum Gasteiger partial charge on any atom is 0.202 e. The second kappa shape index (κ2) is 7.19. The van der Waals surface area contributed by atoms with E-state index in [2.05, 4.69) is 0 Å². The second-order valence-corrected chi connectivity index (χ2v) is 10.2. The lowest BCUT2D eigenvalue weighted by atomic mass is 9.79. The molecule has 2 aromatic carbocycles. The maximum absolute atomic E-state index is 12.9. The molecule has 2 aromatic rings. The molecule has 164 valence electrons. The van der Waals surface area contributed by atoms with Crippen LogP contribution in [-0.2, 0) is 10.2 Å². The van der Waals surface area contributed by atoms with Crippen molar-refractivity contribution in [1.82, 2.24) is 0 Å². The average Bonchev–Trinajstić information content (AvgIpc) is 2.63. The van der Waals surface area contributed by atoms with E-state index in [1.54, 1.807) is 18.2 Å². The van der Waals surface area contributed by atoms with E-state index in [1.165, 1.54) is 12.1 Å². The number of hydrogen-bond acceptors (Lipinski definition) is 5. The number of rotatable bonds is 1. The second-order valence-electron chi connectivity index (χ2n) is 10.2. The third kappa shape index (κ3) is 3.80. The lowest BCUT2D eigenvalue weighted by molar-refractivity contribution is -0.110. The molecule has 1 aliphatic carbocycles. The number of aromatic hydroxyl groups is 3. The van der Waals surface area contributed by atoms with E-state index in [-0.39, 0.29) is 55.8 Å². The molecule has 5 nitrogen and oxygen atoms in total. The van der Waals surface area contributed by atoms with Crippen molar-refractivity contribution >= 4 is 22.5 Å². The van der Waals surface area contributed by atoms with Crippen molar-refractivity contribution in [3.05, 3.63) is 57.7 Å². The fraction of sp³-hybridized carbons (Fsp3) is 0.346. The van der Waals surface area contributed by atoms with Crippen LogP contribution in [0.2, 0.25) is 0 Å². The highest BCUT2D eigenvalue weighted by Crippen LogP contribution is 2.42. The van der Waals surface area contributed by atoms with E-state index in [0.29, 0.717) is 5.22 Å². The fourth-order valence-corrected chi connectivity index (χ4v) is 3.61. The molecule has 0 spiro atoms. The third-order valence-electron chi connectivity index (χ3n) is 5.97. The van der Waals surface area contributed by atoms with E-state index in [4.69, 9.17) is 0 Å². The molecule has 0 heterocycles. The van der Waals surface area contributed by atoms with Crippen LogP contribution in [0.15, 0.2) is 36.1 Å². The van der Waals surface area contributed by atoms with Gasteiger partial charge in [-0.2, -0.15) is 0 Å². The summed E-state index contributed by atoms with van der Waals surface area (Å²) in [5.41, 5.74) is 1.50. The van der Waals surface area contributed by atoms with Crippen LogP contribution in [0.4, 0.5) is 0 Å². The smallest absolute Gasteiger partial charge is 0.202 e. The van der Waals surface area contributed by atoms with Crippen LogP contribution in [0.25, 0.3) is 16.7 Å². The first-order valence-corrected chi connectivity index (χ1v) is 10.2. The molecule has 0 radical (unpaired) electrons. The van der Waals surface area contributed by atoms with Gasteiger partial charge in [-0.25, -0.2) is 0 Å². The first kappa shape index (κ1) is 22.5. The number of carbonyl (C=O) groups excluding carboxylic acids is 1. The molecule has 0 aromatic heterocycles. The van der Waals surface area contributed by atoms with Gasteiger partial charge < -0.3 is 20.4 Å². The average molecular weight is 423 g/mol. The third-order valence-corrected chi connectivity index (χ3v) is 5.97. The van der Waals surface area contributed by atoms with Gasteiger partial charge in [-0.05, 0) is 46.7 Å². The molecule has 0 bridgehead atoms. The summed E-state index contributed by atoms with van der Waals surface area (Å²) in [6.45, 7) is 14.0. The summed E-state index contributed by atoms with van der Waals surface area (Å²) >= 11 is 0. The Morgan fingerprint density at radius 1 is 0.774 bits per heavy atom. The van der Waals surface area contributed by atoms with Gasteiger partial charge in [-0.15, -0.1) is 0 Å². The van der Waals surface area contributed by atoms with E-state index in [9.17, 15) is 25.2 Å². The van der Waals surface area contributed by atoms with Crippen LogP contribution in [0, 0.1) is 5.41 Å². The molecule has 0 atom stereocenters. The summed E-state index contributed by atoms with van der Waals surface area (Å²) in [5, 5.41) is 42.8. The quantitative estimate of drug-likeness (QED) is 0.556. The maximum atomic E-state index is 12.9. The largest absolute Gasteiger partial charge is 0.507 e. The number of allylic oxidation sites excluding steroid dienone is 2. The highest BCUT2D eigenvalue weighted by atomic mass is 16.3. The van der Waals surface area contributed by atoms with Crippen LogP contribution < -0.4 is 10.4 Å². The number of benzene rings is 2. The van der Waals surface area contributed by atoms with Crippen molar-refractivity contribution in [2.24, 2.45) is 5.41 Å². The highest BCUT2D eigenvalue weighted by molar-refractivity contribution is 6.52. The molecule has 1 aliphatic rings. The molecule has 3 rings (SSSR count). The Morgan fingerprint density at radius 3 is 1.74 bits per heavy atom. The van der Waals surface area contributed by atoms with Gasteiger partial charge in [0.1, 0.15) is 23.0 Å². The van der Waals surface area contributed by atoms with Crippen LogP contribution in [0.5, 0.6) is 17.2 Å². The summed E-state index contributed by atoms with van der Waals surface area (Å²) in [5.74, 6) is -1.61. The first-order chi connectivity index (χ1) is 14.1. The molecule has 0 aliphatic heterocycles. The predicted octanol–water partition coefficient (Wildman–Crippen LogP) is 4.02. The van der Waals surface area contributed by atoms with Crippen LogP contribution in [-0.4, -0.2) is 26.2 Å². The van der Waals surface area contributed by atoms with Gasteiger partial charge >= 0.3 is 0 Å². The molecule has 5 heteroatoms. The van der Waals surface area contributed by atoms with Crippen molar-refractivity contribution in [3.8, 4) is 17.2 Å². The molecule has 0 unspecified atom stereocenters. The molecule has 0 amide bonds. The van der Waals surface area contributed by atoms with Crippen LogP contribution in [0.1, 0.15) is 59.6 Å². The van der Waals surface area contributed by atoms with Crippen molar-refractivity contribution in [1.29, 1.82) is 0 Å². The summed E-state index contributed by atoms with van der Waals surface area (Å²) in [6.07, 6.45) is 0. The van der Waals surface area contributed by atoms with Gasteiger partial charge in [-0.3, -0.25) is 4.79 Å². The zero-order valence-electron chi connectivity index (χ0n) is 19.1. The number of carbonyl (C=O) groups is 1. The summed E-state index contributed by atoms with van der Waals surface area (Å²) in [7, 11) is 0. The Balaban J connectivity index is 2.21. The Bertz CT molecular complexity index is 1220. The standard InChI is InChI=1S/C26H30O5/c1-13(25(2,3)4)14-10-18(28)21(19(29)11-14)22-23(30)20(24(22)31)16-9-8-15(12-17(16)27)26(5,6)7/h8-12,27-30H,1-7H3. The predicted molar refractivity (Wildman–Crippen MR) is 122 cm³/mol. The summed E-state index contributed by atoms with van der Waals surface area (Å²) in [6, 6.07) is 7.94. The molecule has 0 saturated carbocycles. The topological polar surface area (TPSA) is 98.0 Å². The van der Waals surface area contributed by atoms with Crippen molar-refractivity contribution in [2.75, 3.05) is 0 Å². The van der Waals surface area contributed by atoms with Gasteiger partial charge in [0.2, 0.25) is 5.78 Å². The van der Waals surface area contributed by atoms with Gasteiger partial charge in [0, 0.05) is 5.56 Å². The minimum Gasteiger partial charge on any atom is -0.507 e. The van der Waals surface area contributed by atoms with Crippen molar-refractivity contribution in [2.45, 2.75) is 53.9 Å². The minimum atomic E-state index is -0.550. The van der Waals surface area contributed by atoms with Crippen molar-refractivity contribution < 1.29 is 25.2 Å². The van der Waals surface area contributed by atoms with Gasteiger partial charge in [0.15, 0.2) is 0 Å². The Labute approximate surface area is 182 Å². The number of phenolic OH excluding ortho intramolecular Hbond substituents is 3. The molecular formula is C26H30O5. The lowest BCUT2D eigenvalue weighted by Crippen LogP contribution is -2.28. The van der Waals surface area contributed by atoms with Crippen LogP contribution >= 0.6 is 0 Å². The van der Waals surface area contributed by atoms with E-state index in [1.807, 2.05) is 48.5 Å². The number of aliphatic hydroxyl groups excluding tert-OH is 1. The van der Waals surface area contributed by atoms with Crippen LogP contribution in [0.3, 0.4) is 0 Å². The van der Waals surface area contributed by atoms with E-state index < -0.39 is 5.78 Å². The van der Waals surface area contributed by atoms with Gasteiger partial charge in [0.05, 0.1) is 16.4 Å². The van der Waals surface area contributed by atoms with E-state index in [0.717, 1.165) is 11.1 Å². The number of ketones is 1. The number of Topliss-reactive ketones (excluding diaryl/α,β-unsaturated/α-hetero) is 1. The normalized spacial score (nSPS) is 14.7. The Kier molecular flexibility index (Phi) is 5.21. The Hall–Kier alpha value is -3.21. The molecule has 31 heavy (non-hydrogen) atoms. The summed E-state index contributed by atoms with van der Waals surface area (Å²) in [4.78, 5) is 12.9. The summed E-state index contributed by atoms with van der Waals surface area (Å²) < 4.78 is 0. The molecule has 0 fully saturated rings. The first-order valence-electron chi connectivity index (χ1n) is 10.2. The minimum absolute atomic E-state index is 0.0340. The Morgan fingerprint density at radius 2 is 1.32 bits per heavy atom. The van der Waals surface area contributed by atoms with E-state index >= 15 is 0 Å². The van der Waals surface area contributed by atoms with Crippen molar-refractivity contribution in [3.63, 3.8) is 0 Å². The monoisotopic (exact) mass is 422 g/mol. The lowest BCUT2D eigenvalue weighted by Gasteiger charge is -2.25. The molecule has 0 saturated heterocycles.